The van der Waals surface area contributed by atoms with Crippen molar-refractivity contribution in [1.29, 1.82) is 0 Å². The smallest absolute Gasteiger partial charge is 0.150 e. The number of aromatic nitrogens is 3. The molecule has 0 spiro atoms. The topological polar surface area (TPSA) is 56.7 Å². The van der Waals surface area contributed by atoms with Crippen LogP contribution in [0.4, 0.5) is 0 Å². The maximum absolute atomic E-state index is 6.17. The first-order valence-electron chi connectivity index (χ1n) is 5.66. The van der Waals surface area contributed by atoms with Crippen LogP contribution in [-0.4, -0.2) is 20.6 Å². The van der Waals surface area contributed by atoms with Gasteiger partial charge < -0.3 is 10.3 Å². The summed E-state index contributed by atoms with van der Waals surface area (Å²) in [6.07, 6.45) is 5.39. The molecule has 5 heteroatoms. The van der Waals surface area contributed by atoms with Crippen LogP contribution < -0.4 is 5.73 Å². The largest absolute Gasteiger partial charge is 0.326 e. The first kappa shape index (κ1) is 10.7. The van der Waals surface area contributed by atoms with Crippen molar-refractivity contribution in [2.45, 2.75) is 25.4 Å². The second-order valence-electron chi connectivity index (χ2n) is 4.32. The van der Waals surface area contributed by atoms with Gasteiger partial charge in [-0.05, 0) is 25.0 Å². The second-order valence-corrected chi connectivity index (χ2v) is 4.68. The summed E-state index contributed by atoms with van der Waals surface area (Å²) in [5, 5.41) is 0.601. The minimum Gasteiger partial charge on any atom is -0.326 e. The number of hydrogen-bond donors (Lipinski definition) is 1. The fraction of sp³-hybridized carbons (Fsp3) is 0.333. The fourth-order valence-electron chi connectivity index (χ4n) is 2.26. The Kier molecular flexibility index (Phi) is 2.61. The minimum absolute atomic E-state index is 0.188. The summed E-state index contributed by atoms with van der Waals surface area (Å²) in [6, 6.07) is 4.06. The summed E-state index contributed by atoms with van der Waals surface area (Å²) in [5.41, 5.74) is 8.13. The number of nitrogens with zero attached hydrogens (tertiary/aromatic N) is 3. The Hall–Kier alpha value is -1.39. The van der Waals surface area contributed by atoms with Gasteiger partial charge in [0.25, 0.3) is 0 Å². The first-order valence-corrected chi connectivity index (χ1v) is 6.04. The number of pyridine rings is 1. The molecule has 17 heavy (non-hydrogen) atoms. The third-order valence-corrected chi connectivity index (χ3v) is 3.43. The molecule has 0 saturated heterocycles. The molecule has 2 aromatic heterocycles. The summed E-state index contributed by atoms with van der Waals surface area (Å²) in [7, 11) is 0. The summed E-state index contributed by atoms with van der Waals surface area (Å²) >= 11 is 6.17. The number of nitrogens with two attached hydrogens (primary N) is 1. The van der Waals surface area contributed by atoms with E-state index < -0.39 is 0 Å². The molecule has 3 rings (SSSR count). The SMILES string of the molecule is NC1CCc2c(Cl)nc(-c3ccncc3)n2C1. The van der Waals surface area contributed by atoms with Gasteiger partial charge >= 0.3 is 0 Å². The van der Waals surface area contributed by atoms with Crippen LogP contribution in [0.5, 0.6) is 0 Å². The highest BCUT2D eigenvalue weighted by Crippen LogP contribution is 2.29. The van der Waals surface area contributed by atoms with Gasteiger partial charge in [0.1, 0.15) is 5.82 Å². The van der Waals surface area contributed by atoms with E-state index in [1.807, 2.05) is 12.1 Å². The Bertz CT molecular complexity index is 535. The van der Waals surface area contributed by atoms with Crippen LogP contribution >= 0.6 is 11.6 Å². The van der Waals surface area contributed by atoms with Gasteiger partial charge in [-0.25, -0.2) is 4.98 Å². The molecule has 88 valence electrons. The van der Waals surface area contributed by atoms with E-state index >= 15 is 0 Å². The fourth-order valence-corrected chi connectivity index (χ4v) is 2.54. The molecule has 0 bridgehead atoms. The zero-order valence-corrected chi connectivity index (χ0v) is 10.1. The molecule has 0 aromatic carbocycles. The molecule has 0 saturated carbocycles. The number of hydrogen-bond acceptors (Lipinski definition) is 3. The third kappa shape index (κ3) is 1.83. The van der Waals surface area contributed by atoms with E-state index in [1.54, 1.807) is 12.4 Å². The van der Waals surface area contributed by atoms with Gasteiger partial charge in [-0.15, -0.1) is 0 Å². The highest BCUT2D eigenvalue weighted by atomic mass is 35.5. The molecule has 0 aliphatic carbocycles. The zero-order valence-electron chi connectivity index (χ0n) is 9.31. The summed E-state index contributed by atoms with van der Waals surface area (Å²) < 4.78 is 2.13. The maximum Gasteiger partial charge on any atom is 0.150 e. The Morgan fingerprint density at radius 2 is 2.12 bits per heavy atom. The maximum atomic E-state index is 6.17. The van der Waals surface area contributed by atoms with Crippen LogP contribution in [0.3, 0.4) is 0 Å². The van der Waals surface area contributed by atoms with E-state index in [9.17, 15) is 0 Å². The van der Waals surface area contributed by atoms with Crippen LogP contribution in [-0.2, 0) is 13.0 Å². The van der Waals surface area contributed by atoms with Crippen LogP contribution in [0.25, 0.3) is 11.4 Å². The quantitative estimate of drug-likeness (QED) is 0.838. The van der Waals surface area contributed by atoms with E-state index in [1.165, 1.54) is 0 Å². The highest BCUT2D eigenvalue weighted by Gasteiger charge is 2.23. The molecule has 4 nitrogen and oxygen atoms in total. The molecule has 1 unspecified atom stereocenters. The van der Waals surface area contributed by atoms with Crippen molar-refractivity contribution >= 4 is 11.6 Å². The van der Waals surface area contributed by atoms with Crippen molar-refractivity contribution in [3.63, 3.8) is 0 Å². The lowest BCUT2D eigenvalue weighted by molar-refractivity contribution is 0.464. The Morgan fingerprint density at radius 3 is 2.88 bits per heavy atom. The van der Waals surface area contributed by atoms with Crippen LogP contribution in [0.1, 0.15) is 12.1 Å². The molecule has 1 atom stereocenters. The van der Waals surface area contributed by atoms with Crippen molar-refractivity contribution in [3.05, 3.63) is 35.4 Å². The van der Waals surface area contributed by atoms with Crippen LogP contribution in [0.15, 0.2) is 24.5 Å². The van der Waals surface area contributed by atoms with Crippen molar-refractivity contribution < 1.29 is 0 Å². The zero-order chi connectivity index (χ0) is 11.8. The summed E-state index contributed by atoms with van der Waals surface area (Å²) in [5.74, 6) is 0.891. The van der Waals surface area contributed by atoms with Gasteiger partial charge in [0.05, 0.1) is 5.69 Å². The highest BCUT2D eigenvalue weighted by molar-refractivity contribution is 6.30. The van der Waals surface area contributed by atoms with Crippen molar-refractivity contribution in [2.24, 2.45) is 5.73 Å². The molecule has 0 radical (unpaired) electrons. The van der Waals surface area contributed by atoms with Crippen molar-refractivity contribution in [2.75, 3.05) is 0 Å². The second kappa shape index (κ2) is 4.13. The Morgan fingerprint density at radius 1 is 1.35 bits per heavy atom. The lowest BCUT2D eigenvalue weighted by Crippen LogP contribution is -2.32. The van der Waals surface area contributed by atoms with Gasteiger partial charge in [-0.3, -0.25) is 4.98 Å². The molecular formula is C12H13ClN4. The van der Waals surface area contributed by atoms with E-state index in [0.29, 0.717) is 5.15 Å². The third-order valence-electron chi connectivity index (χ3n) is 3.13. The predicted octanol–water partition coefficient (Wildman–Crippen LogP) is 1.87. The van der Waals surface area contributed by atoms with Gasteiger partial charge in [-0.2, -0.15) is 0 Å². The Labute approximate surface area is 104 Å². The van der Waals surface area contributed by atoms with Crippen LogP contribution in [0.2, 0.25) is 5.15 Å². The van der Waals surface area contributed by atoms with E-state index in [-0.39, 0.29) is 6.04 Å². The summed E-state index contributed by atoms with van der Waals surface area (Å²) in [4.78, 5) is 8.45. The van der Waals surface area contributed by atoms with Crippen LogP contribution in [0, 0.1) is 0 Å². The molecule has 0 fully saturated rings. The molecule has 3 heterocycles. The number of fused-ring (bicyclic) bond motifs is 1. The molecular weight excluding hydrogens is 236 g/mol. The monoisotopic (exact) mass is 248 g/mol. The van der Waals surface area contributed by atoms with E-state index in [2.05, 4.69) is 14.5 Å². The summed E-state index contributed by atoms with van der Waals surface area (Å²) in [6.45, 7) is 0.784. The lowest BCUT2D eigenvalue weighted by atomic mass is 10.1. The average Bonchev–Trinajstić information content (AvgIpc) is 2.67. The number of imidazole rings is 1. The average molecular weight is 249 g/mol. The molecule has 1 aliphatic heterocycles. The minimum atomic E-state index is 0.188. The molecule has 2 N–H and O–H groups in total. The van der Waals surface area contributed by atoms with Gasteiger partial charge in [-0.1, -0.05) is 11.6 Å². The standard InChI is InChI=1S/C12H13ClN4/c13-11-10-2-1-9(14)7-17(10)12(16-11)8-3-5-15-6-4-8/h3-6,9H,1-2,7,14H2. The van der Waals surface area contributed by atoms with Gasteiger partial charge in [0, 0.05) is 30.5 Å². The number of halogens is 1. The van der Waals surface area contributed by atoms with Crippen molar-refractivity contribution in [3.8, 4) is 11.4 Å². The molecule has 2 aromatic rings. The predicted molar refractivity (Wildman–Crippen MR) is 66.8 cm³/mol. The van der Waals surface area contributed by atoms with E-state index in [4.69, 9.17) is 17.3 Å². The number of rotatable bonds is 1. The van der Waals surface area contributed by atoms with Crippen molar-refractivity contribution in [1.82, 2.24) is 14.5 Å². The Balaban J connectivity index is 2.13. The van der Waals surface area contributed by atoms with Gasteiger partial charge in [0.15, 0.2) is 5.15 Å². The lowest BCUT2D eigenvalue weighted by Gasteiger charge is -2.22. The van der Waals surface area contributed by atoms with E-state index in [0.717, 1.165) is 36.5 Å². The first-order chi connectivity index (χ1) is 8.25. The van der Waals surface area contributed by atoms with Gasteiger partial charge in [0.2, 0.25) is 0 Å². The normalized spacial score (nSPS) is 19.1. The molecule has 1 aliphatic rings. The molecule has 0 amide bonds.